The van der Waals surface area contributed by atoms with E-state index >= 15 is 0 Å². The second kappa shape index (κ2) is 10.1. The maximum absolute atomic E-state index is 6.39. The van der Waals surface area contributed by atoms with Gasteiger partial charge in [0, 0.05) is 0 Å². The van der Waals surface area contributed by atoms with Crippen molar-refractivity contribution in [1.82, 2.24) is 19.9 Å². The lowest BCUT2D eigenvalue weighted by atomic mass is 10.1. The number of halogens is 3. The van der Waals surface area contributed by atoms with Crippen LogP contribution in [0.4, 0.5) is 17.6 Å². The molecule has 2 N–H and O–H groups in total. The Morgan fingerprint density at radius 3 is 2.21 bits per heavy atom. The molecule has 10 heteroatoms. The molecule has 0 fully saturated rings. The molecule has 4 rings (SSSR count). The highest BCUT2D eigenvalue weighted by Crippen LogP contribution is 2.33. The fourth-order valence-corrected chi connectivity index (χ4v) is 3.56. The number of hydrazone groups is 1. The maximum atomic E-state index is 6.39. The minimum Gasteiger partial charge on any atom is -0.323 e. The lowest BCUT2D eigenvalue weighted by Gasteiger charge is -2.11. The lowest BCUT2D eigenvalue weighted by molar-refractivity contribution is 1.04. The summed E-state index contributed by atoms with van der Waals surface area (Å²) in [7, 11) is 0. The molecule has 0 amide bonds. The number of aryl methyl sites for hydroxylation is 1. The fraction of sp³-hybridized carbons (Fsp3) is 0.0870. The highest BCUT2D eigenvalue weighted by molar-refractivity contribution is 6.39. The molecular formula is C23H18Cl3N7. The summed E-state index contributed by atoms with van der Waals surface area (Å²) in [6.07, 6.45) is 1.57. The lowest BCUT2D eigenvalue weighted by Crippen LogP contribution is -2.07. The van der Waals surface area contributed by atoms with Gasteiger partial charge in [0.05, 0.1) is 33.2 Å². The molecule has 0 unspecified atom stereocenters. The fourth-order valence-electron chi connectivity index (χ4n) is 2.88. The topological polar surface area (TPSA) is 88.0 Å². The average Bonchev–Trinajstić information content (AvgIpc) is 2.79. The molecule has 0 saturated carbocycles. The zero-order chi connectivity index (χ0) is 23.4. The summed E-state index contributed by atoms with van der Waals surface area (Å²) < 4.78 is 0. The summed E-state index contributed by atoms with van der Waals surface area (Å²) >= 11 is 18.7. The normalized spacial score (nSPS) is 11.4. The molecule has 0 spiro atoms. The van der Waals surface area contributed by atoms with Crippen LogP contribution >= 0.6 is 34.8 Å². The van der Waals surface area contributed by atoms with E-state index in [1.807, 2.05) is 38.1 Å². The van der Waals surface area contributed by atoms with Gasteiger partial charge >= 0.3 is 0 Å². The molecule has 4 aromatic rings. The van der Waals surface area contributed by atoms with Crippen LogP contribution < -0.4 is 10.7 Å². The summed E-state index contributed by atoms with van der Waals surface area (Å²) in [4.78, 5) is 17.4. The molecule has 2 aromatic heterocycles. The van der Waals surface area contributed by atoms with Gasteiger partial charge in [-0.3, -0.25) is 0 Å². The second-order valence-electron chi connectivity index (χ2n) is 7.07. The molecule has 0 aliphatic rings. The predicted octanol–water partition coefficient (Wildman–Crippen LogP) is 6.78. The Kier molecular flexibility index (Phi) is 7.03. The monoisotopic (exact) mass is 497 g/mol. The Morgan fingerprint density at radius 1 is 0.848 bits per heavy atom. The SMILES string of the molecule is CC(=NNc1nc(Nc2ccc(Cl)nc2)nc(-c2c(Cl)cccc2Cl)n1)c1ccc(C)cc1. The van der Waals surface area contributed by atoms with Gasteiger partial charge in [0.15, 0.2) is 5.82 Å². The van der Waals surface area contributed by atoms with Gasteiger partial charge in [-0.1, -0.05) is 70.7 Å². The summed E-state index contributed by atoms with van der Waals surface area (Å²) in [5.41, 5.74) is 6.95. The number of benzene rings is 2. The molecule has 0 aliphatic heterocycles. The first-order valence-electron chi connectivity index (χ1n) is 9.85. The molecular weight excluding hydrogens is 481 g/mol. The molecule has 2 aromatic carbocycles. The van der Waals surface area contributed by atoms with Crippen LogP contribution in [0.1, 0.15) is 18.1 Å². The van der Waals surface area contributed by atoms with E-state index in [0.717, 1.165) is 11.3 Å². The van der Waals surface area contributed by atoms with E-state index in [9.17, 15) is 0 Å². The standard InChI is InChI=1S/C23H18Cl3N7/c1-13-6-8-15(9-7-13)14(2)32-33-23-30-21(20-17(24)4-3-5-18(20)25)29-22(31-23)28-16-10-11-19(26)27-12-16/h3-12H,1-2H3,(H2,28,29,30,31,33). The number of hydrogen-bond acceptors (Lipinski definition) is 7. The van der Waals surface area contributed by atoms with Crippen LogP contribution in [0, 0.1) is 6.92 Å². The molecule has 0 bridgehead atoms. The van der Waals surface area contributed by atoms with Crippen molar-refractivity contribution in [3.63, 3.8) is 0 Å². The minimum atomic E-state index is 0.215. The third kappa shape index (κ3) is 5.76. The van der Waals surface area contributed by atoms with Gasteiger partial charge in [0.1, 0.15) is 5.15 Å². The van der Waals surface area contributed by atoms with Gasteiger partial charge in [-0.05, 0) is 43.7 Å². The number of nitrogens with zero attached hydrogens (tertiary/aromatic N) is 5. The van der Waals surface area contributed by atoms with Gasteiger partial charge in [-0.15, -0.1) is 0 Å². The molecule has 166 valence electrons. The zero-order valence-corrected chi connectivity index (χ0v) is 19.9. The first-order chi connectivity index (χ1) is 15.9. The van der Waals surface area contributed by atoms with Crippen molar-refractivity contribution in [1.29, 1.82) is 0 Å². The zero-order valence-electron chi connectivity index (χ0n) is 17.6. The van der Waals surface area contributed by atoms with E-state index in [0.29, 0.717) is 26.4 Å². The predicted molar refractivity (Wildman–Crippen MR) is 135 cm³/mol. The molecule has 0 atom stereocenters. The molecule has 0 radical (unpaired) electrons. The molecule has 0 saturated heterocycles. The number of anilines is 3. The summed E-state index contributed by atoms with van der Waals surface area (Å²) in [6.45, 7) is 3.93. The van der Waals surface area contributed by atoms with Crippen LogP contribution in [-0.4, -0.2) is 25.6 Å². The highest BCUT2D eigenvalue weighted by Gasteiger charge is 2.15. The van der Waals surface area contributed by atoms with Crippen LogP contribution in [0.2, 0.25) is 15.2 Å². The third-order valence-corrected chi connectivity index (χ3v) is 5.45. The van der Waals surface area contributed by atoms with Crippen LogP contribution in [-0.2, 0) is 0 Å². The van der Waals surface area contributed by atoms with E-state index in [2.05, 4.69) is 35.8 Å². The van der Waals surface area contributed by atoms with Gasteiger partial charge < -0.3 is 5.32 Å². The molecule has 0 aliphatic carbocycles. The first kappa shape index (κ1) is 22.9. The molecule has 7 nitrogen and oxygen atoms in total. The molecule has 33 heavy (non-hydrogen) atoms. The van der Waals surface area contributed by atoms with Crippen molar-refractivity contribution >= 4 is 58.1 Å². The van der Waals surface area contributed by atoms with E-state index in [-0.39, 0.29) is 17.7 Å². The van der Waals surface area contributed by atoms with Crippen LogP contribution in [0.5, 0.6) is 0 Å². The third-order valence-electron chi connectivity index (χ3n) is 4.60. The van der Waals surface area contributed by atoms with Crippen molar-refractivity contribution in [2.45, 2.75) is 13.8 Å². The van der Waals surface area contributed by atoms with Crippen LogP contribution in [0.3, 0.4) is 0 Å². The van der Waals surface area contributed by atoms with E-state index in [1.54, 1.807) is 36.5 Å². The second-order valence-corrected chi connectivity index (χ2v) is 8.27. The Bertz CT molecular complexity index is 1290. The van der Waals surface area contributed by atoms with Gasteiger partial charge in [0.2, 0.25) is 11.9 Å². The highest BCUT2D eigenvalue weighted by atomic mass is 35.5. The Morgan fingerprint density at radius 2 is 1.55 bits per heavy atom. The Hall–Kier alpha value is -3.26. The molecule has 2 heterocycles. The van der Waals surface area contributed by atoms with Gasteiger partial charge in [0.25, 0.3) is 0 Å². The smallest absolute Gasteiger partial charge is 0.248 e. The van der Waals surface area contributed by atoms with Crippen LogP contribution in [0.15, 0.2) is 65.9 Å². The Labute approximate surface area is 205 Å². The van der Waals surface area contributed by atoms with E-state index in [1.165, 1.54) is 5.56 Å². The first-order valence-corrected chi connectivity index (χ1v) is 11.0. The van der Waals surface area contributed by atoms with Crippen molar-refractivity contribution < 1.29 is 0 Å². The summed E-state index contributed by atoms with van der Waals surface area (Å²) in [6, 6.07) is 16.7. The van der Waals surface area contributed by atoms with Crippen molar-refractivity contribution in [2.24, 2.45) is 5.10 Å². The number of aromatic nitrogens is 4. The van der Waals surface area contributed by atoms with E-state index in [4.69, 9.17) is 34.8 Å². The Balaban J connectivity index is 1.71. The maximum Gasteiger partial charge on any atom is 0.248 e. The number of hydrogen-bond donors (Lipinski definition) is 2. The summed E-state index contributed by atoms with van der Waals surface area (Å²) in [5.74, 6) is 0.758. The summed E-state index contributed by atoms with van der Waals surface area (Å²) in [5, 5.41) is 8.72. The number of rotatable bonds is 6. The van der Waals surface area contributed by atoms with Crippen molar-refractivity contribution in [2.75, 3.05) is 10.7 Å². The van der Waals surface area contributed by atoms with Crippen molar-refractivity contribution in [3.8, 4) is 11.4 Å². The quantitative estimate of drug-likeness (QED) is 0.173. The average molecular weight is 499 g/mol. The number of nitrogens with one attached hydrogen (secondary N) is 2. The van der Waals surface area contributed by atoms with Crippen LogP contribution in [0.25, 0.3) is 11.4 Å². The van der Waals surface area contributed by atoms with Gasteiger partial charge in [-0.25, -0.2) is 10.4 Å². The van der Waals surface area contributed by atoms with Crippen molar-refractivity contribution in [3.05, 3.63) is 87.1 Å². The largest absolute Gasteiger partial charge is 0.323 e. The van der Waals surface area contributed by atoms with Gasteiger partial charge in [-0.2, -0.15) is 20.1 Å². The number of pyridine rings is 1. The van der Waals surface area contributed by atoms with E-state index < -0.39 is 0 Å². The minimum absolute atomic E-state index is 0.215.